The molecule has 0 N–H and O–H groups in total. The predicted octanol–water partition coefficient (Wildman–Crippen LogP) is 3.14. The van der Waals surface area contributed by atoms with Crippen molar-refractivity contribution in [3.63, 3.8) is 0 Å². The Labute approximate surface area is 86.3 Å². The third kappa shape index (κ3) is 1.99. The number of carbonyl (C=O) groups is 1. The van der Waals surface area contributed by atoms with Crippen molar-refractivity contribution < 1.29 is 4.79 Å². The molecule has 0 amide bonds. The van der Waals surface area contributed by atoms with E-state index >= 15 is 0 Å². The molecule has 1 atom stereocenters. The van der Waals surface area contributed by atoms with Gasteiger partial charge in [-0.15, -0.1) is 0 Å². The maximum atomic E-state index is 10.9. The second-order valence-electron chi connectivity index (χ2n) is 3.55. The number of hydrogen-bond acceptors (Lipinski definition) is 1. The first-order valence-electron chi connectivity index (χ1n) is 4.52. The SMILES string of the molecule is O=C[C@@H](c1ccc(Br)cc1)C1CC1. The van der Waals surface area contributed by atoms with Crippen LogP contribution in [0.25, 0.3) is 0 Å². The molecule has 0 heterocycles. The van der Waals surface area contributed by atoms with Crippen LogP contribution in [0.15, 0.2) is 28.7 Å². The highest BCUT2D eigenvalue weighted by Gasteiger charge is 2.31. The molecule has 2 heteroatoms. The van der Waals surface area contributed by atoms with Crippen molar-refractivity contribution in [1.29, 1.82) is 0 Å². The normalized spacial score (nSPS) is 18.2. The van der Waals surface area contributed by atoms with Gasteiger partial charge in [0, 0.05) is 10.4 Å². The van der Waals surface area contributed by atoms with E-state index in [1.54, 1.807) is 0 Å². The summed E-state index contributed by atoms with van der Waals surface area (Å²) in [7, 11) is 0. The fourth-order valence-corrected chi connectivity index (χ4v) is 1.87. The van der Waals surface area contributed by atoms with Crippen LogP contribution in [0, 0.1) is 5.92 Å². The Kier molecular flexibility index (Phi) is 2.49. The van der Waals surface area contributed by atoms with Crippen molar-refractivity contribution in [1.82, 2.24) is 0 Å². The lowest BCUT2D eigenvalue weighted by Crippen LogP contribution is -2.01. The quantitative estimate of drug-likeness (QED) is 0.740. The summed E-state index contributed by atoms with van der Waals surface area (Å²) in [5, 5.41) is 0. The number of hydrogen-bond donors (Lipinski definition) is 0. The van der Waals surface area contributed by atoms with Crippen LogP contribution in [-0.2, 0) is 4.79 Å². The Balaban J connectivity index is 2.21. The molecular weight excluding hydrogens is 228 g/mol. The largest absolute Gasteiger partial charge is 0.303 e. The molecule has 1 aromatic carbocycles. The molecule has 0 bridgehead atoms. The predicted molar refractivity (Wildman–Crippen MR) is 55.7 cm³/mol. The van der Waals surface area contributed by atoms with Crippen LogP contribution in [0.1, 0.15) is 24.3 Å². The molecule has 1 aliphatic carbocycles. The summed E-state index contributed by atoms with van der Waals surface area (Å²) in [5.74, 6) is 0.742. The molecule has 2 rings (SSSR count). The fourth-order valence-electron chi connectivity index (χ4n) is 1.60. The molecule has 0 saturated heterocycles. The van der Waals surface area contributed by atoms with Gasteiger partial charge in [0.25, 0.3) is 0 Å². The van der Waals surface area contributed by atoms with Crippen LogP contribution < -0.4 is 0 Å². The summed E-state index contributed by atoms with van der Waals surface area (Å²) in [4.78, 5) is 10.9. The molecule has 1 aliphatic rings. The van der Waals surface area contributed by atoms with E-state index in [-0.39, 0.29) is 5.92 Å². The standard InChI is InChI=1S/C11H11BrO/c12-10-5-3-9(4-6-10)11(7-13)8-1-2-8/h3-8,11H,1-2H2/t11-/m1/s1. The highest BCUT2D eigenvalue weighted by Crippen LogP contribution is 2.41. The monoisotopic (exact) mass is 238 g/mol. The number of carbonyl (C=O) groups excluding carboxylic acids is 1. The van der Waals surface area contributed by atoms with E-state index in [0.717, 1.165) is 16.3 Å². The first-order valence-corrected chi connectivity index (χ1v) is 5.31. The number of rotatable bonds is 3. The van der Waals surface area contributed by atoms with Crippen molar-refractivity contribution in [3.05, 3.63) is 34.3 Å². The van der Waals surface area contributed by atoms with E-state index in [2.05, 4.69) is 15.9 Å². The summed E-state index contributed by atoms with van der Waals surface area (Å²) in [6, 6.07) is 8.05. The minimum absolute atomic E-state index is 0.132. The van der Waals surface area contributed by atoms with Gasteiger partial charge in [-0.05, 0) is 36.5 Å². The molecule has 1 fully saturated rings. The lowest BCUT2D eigenvalue weighted by Gasteiger charge is -2.08. The van der Waals surface area contributed by atoms with Crippen molar-refractivity contribution in [2.45, 2.75) is 18.8 Å². The average Bonchev–Trinajstić information content (AvgIpc) is 2.93. The molecule has 13 heavy (non-hydrogen) atoms. The van der Waals surface area contributed by atoms with E-state index < -0.39 is 0 Å². The van der Waals surface area contributed by atoms with E-state index in [9.17, 15) is 4.79 Å². The summed E-state index contributed by atoms with van der Waals surface area (Å²) in [6.07, 6.45) is 3.50. The lowest BCUT2D eigenvalue weighted by molar-refractivity contribution is -0.109. The molecule has 0 radical (unpaired) electrons. The zero-order chi connectivity index (χ0) is 9.26. The van der Waals surface area contributed by atoms with Crippen LogP contribution in [0.4, 0.5) is 0 Å². The maximum absolute atomic E-state index is 10.9. The van der Waals surface area contributed by atoms with E-state index in [0.29, 0.717) is 5.92 Å². The van der Waals surface area contributed by atoms with E-state index in [1.807, 2.05) is 24.3 Å². The second kappa shape index (κ2) is 3.62. The van der Waals surface area contributed by atoms with Gasteiger partial charge in [-0.1, -0.05) is 28.1 Å². The van der Waals surface area contributed by atoms with Crippen LogP contribution >= 0.6 is 15.9 Å². The molecule has 1 aromatic rings. The Hall–Kier alpha value is -0.630. The molecular formula is C11H11BrO. The summed E-state index contributed by atoms with van der Waals surface area (Å²) >= 11 is 3.38. The highest BCUT2D eigenvalue weighted by molar-refractivity contribution is 9.10. The van der Waals surface area contributed by atoms with Crippen molar-refractivity contribution in [2.75, 3.05) is 0 Å². The third-order valence-corrected chi connectivity index (χ3v) is 3.06. The summed E-state index contributed by atoms with van der Waals surface area (Å²) in [5.41, 5.74) is 1.15. The number of halogens is 1. The molecule has 1 saturated carbocycles. The third-order valence-electron chi connectivity index (χ3n) is 2.53. The number of benzene rings is 1. The van der Waals surface area contributed by atoms with Crippen molar-refractivity contribution in [2.24, 2.45) is 5.92 Å². The topological polar surface area (TPSA) is 17.1 Å². The number of aldehydes is 1. The molecule has 1 nitrogen and oxygen atoms in total. The van der Waals surface area contributed by atoms with Gasteiger partial charge >= 0.3 is 0 Å². The average molecular weight is 239 g/mol. The lowest BCUT2D eigenvalue weighted by atomic mass is 9.96. The van der Waals surface area contributed by atoms with Gasteiger partial charge in [0.05, 0.1) is 0 Å². The minimum Gasteiger partial charge on any atom is -0.303 e. The Morgan fingerprint density at radius 3 is 2.38 bits per heavy atom. The Morgan fingerprint density at radius 1 is 1.31 bits per heavy atom. The molecule has 0 unspecified atom stereocenters. The maximum Gasteiger partial charge on any atom is 0.127 e. The molecule has 0 aromatic heterocycles. The van der Waals surface area contributed by atoms with Gasteiger partial charge in [-0.25, -0.2) is 0 Å². The molecule has 0 aliphatic heterocycles. The fraction of sp³-hybridized carbons (Fsp3) is 0.364. The zero-order valence-corrected chi connectivity index (χ0v) is 8.83. The first kappa shape index (κ1) is 8.95. The van der Waals surface area contributed by atoms with Crippen molar-refractivity contribution >= 4 is 22.2 Å². The molecule has 68 valence electrons. The van der Waals surface area contributed by atoms with Crippen LogP contribution in [-0.4, -0.2) is 6.29 Å². The van der Waals surface area contributed by atoms with Crippen LogP contribution in [0.5, 0.6) is 0 Å². The van der Waals surface area contributed by atoms with Gasteiger partial charge in [-0.3, -0.25) is 0 Å². The van der Waals surface area contributed by atoms with Crippen LogP contribution in [0.2, 0.25) is 0 Å². The van der Waals surface area contributed by atoms with Gasteiger partial charge < -0.3 is 4.79 Å². The van der Waals surface area contributed by atoms with Gasteiger partial charge in [0.2, 0.25) is 0 Å². The zero-order valence-electron chi connectivity index (χ0n) is 7.24. The Bertz CT molecular complexity index is 300. The summed E-state index contributed by atoms with van der Waals surface area (Å²) < 4.78 is 1.07. The smallest absolute Gasteiger partial charge is 0.127 e. The summed E-state index contributed by atoms with van der Waals surface area (Å²) in [6.45, 7) is 0. The first-order chi connectivity index (χ1) is 6.31. The Morgan fingerprint density at radius 2 is 1.92 bits per heavy atom. The van der Waals surface area contributed by atoms with Gasteiger partial charge in [0.15, 0.2) is 0 Å². The van der Waals surface area contributed by atoms with Crippen molar-refractivity contribution in [3.8, 4) is 0 Å². The minimum atomic E-state index is 0.132. The highest BCUT2D eigenvalue weighted by atomic mass is 79.9. The van der Waals surface area contributed by atoms with Gasteiger partial charge in [0.1, 0.15) is 6.29 Å². The second-order valence-corrected chi connectivity index (χ2v) is 4.47. The van der Waals surface area contributed by atoms with Gasteiger partial charge in [-0.2, -0.15) is 0 Å². The van der Waals surface area contributed by atoms with Crippen LogP contribution in [0.3, 0.4) is 0 Å². The van der Waals surface area contributed by atoms with E-state index in [4.69, 9.17) is 0 Å². The van der Waals surface area contributed by atoms with E-state index in [1.165, 1.54) is 12.8 Å². The molecule has 0 spiro atoms.